The molecule has 1 heterocycles. The monoisotopic (exact) mass is 403 g/mol. The highest BCUT2D eigenvalue weighted by molar-refractivity contribution is 5.84. The minimum atomic E-state index is -0.308. The van der Waals surface area contributed by atoms with E-state index in [0.717, 1.165) is 34.1 Å². The van der Waals surface area contributed by atoms with Crippen LogP contribution >= 0.6 is 0 Å². The summed E-state index contributed by atoms with van der Waals surface area (Å²) >= 11 is 0. The van der Waals surface area contributed by atoms with E-state index in [1.807, 2.05) is 54.6 Å². The molecule has 0 bridgehead atoms. The van der Waals surface area contributed by atoms with Gasteiger partial charge in [0.05, 0.1) is 19.6 Å². The Balaban J connectivity index is 1.45. The highest BCUT2D eigenvalue weighted by Crippen LogP contribution is 2.32. The van der Waals surface area contributed by atoms with Gasteiger partial charge in [-0.05, 0) is 52.1 Å². The summed E-state index contributed by atoms with van der Waals surface area (Å²) in [5.41, 5.74) is 3.15. The Bertz CT molecular complexity index is 1090. The number of amides is 1. The molecule has 30 heavy (non-hydrogen) atoms. The Morgan fingerprint density at radius 1 is 1.03 bits per heavy atom. The van der Waals surface area contributed by atoms with Crippen LogP contribution in [0.15, 0.2) is 60.7 Å². The Labute approximate surface area is 176 Å². The zero-order chi connectivity index (χ0) is 21.1. The molecule has 3 aromatic rings. The molecule has 3 aromatic carbocycles. The first-order valence-electron chi connectivity index (χ1n) is 10.1. The number of esters is 1. The normalized spacial score (nSPS) is 15.5. The highest BCUT2D eigenvalue weighted by Gasteiger charge is 2.31. The lowest BCUT2D eigenvalue weighted by molar-refractivity contribution is -0.147. The van der Waals surface area contributed by atoms with Crippen LogP contribution in [0.2, 0.25) is 0 Å². The highest BCUT2D eigenvalue weighted by atomic mass is 16.5. The Morgan fingerprint density at radius 2 is 1.80 bits per heavy atom. The number of carbonyl (C=O) groups excluding carboxylic acids is 2. The number of methoxy groups -OCH3 is 1. The maximum absolute atomic E-state index is 12.6. The van der Waals surface area contributed by atoms with Crippen LogP contribution in [0.5, 0.6) is 5.75 Å². The number of hydrogen-bond acceptors (Lipinski definition) is 4. The van der Waals surface area contributed by atoms with Crippen LogP contribution in [0.1, 0.15) is 36.1 Å². The smallest absolute Gasteiger partial charge is 0.308 e. The number of nitrogens with zero attached hydrogens (tertiary/aromatic N) is 1. The SMILES string of the molecule is COc1ccc2cc(COC(=O)CC3c4ccccc4CCN3C(C)=O)ccc2c1. The zero-order valence-corrected chi connectivity index (χ0v) is 17.3. The lowest BCUT2D eigenvalue weighted by atomic mass is 9.90. The molecule has 5 heteroatoms. The lowest BCUT2D eigenvalue weighted by Crippen LogP contribution is -2.39. The summed E-state index contributed by atoms with van der Waals surface area (Å²) < 4.78 is 10.8. The van der Waals surface area contributed by atoms with Crippen molar-refractivity contribution in [1.29, 1.82) is 0 Å². The van der Waals surface area contributed by atoms with Gasteiger partial charge >= 0.3 is 5.97 Å². The van der Waals surface area contributed by atoms with Crippen molar-refractivity contribution in [2.24, 2.45) is 0 Å². The minimum Gasteiger partial charge on any atom is -0.497 e. The fourth-order valence-electron chi connectivity index (χ4n) is 4.12. The Morgan fingerprint density at radius 3 is 2.60 bits per heavy atom. The molecule has 1 amide bonds. The number of ether oxygens (including phenoxy) is 2. The molecule has 5 nitrogen and oxygen atoms in total. The van der Waals surface area contributed by atoms with E-state index in [4.69, 9.17) is 9.47 Å². The van der Waals surface area contributed by atoms with Crippen molar-refractivity contribution >= 4 is 22.6 Å². The first kappa shape index (κ1) is 20.0. The second-order valence-corrected chi connectivity index (χ2v) is 7.59. The van der Waals surface area contributed by atoms with Gasteiger partial charge < -0.3 is 14.4 Å². The molecule has 0 aliphatic carbocycles. The first-order chi connectivity index (χ1) is 14.5. The third-order valence-electron chi connectivity index (χ3n) is 5.69. The molecule has 1 aliphatic rings. The van der Waals surface area contributed by atoms with Gasteiger partial charge in [-0.1, -0.05) is 42.5 Å². The van der Waals surface area contributed by atoms with Crippen LogP contribution in [-0.4, -0.2) is 30.4 Å². The Kier molecular flexibility index (Phi) is 5.70. The maximum Gasteiger partial charge on any atom is 0.308 e. The molecule has 0 saturated heterocycles. The van der Waals surface area contributed by atoms with E-state index >= 15 is 0 Å². The van der Waals surface area contributed by atoms with Crippen LogP contribution in [0.3, 0.4) is 0 Å². The van der Waals surface area contributed by atoms with Gasteiger partial charge in [0, 0.05) is 13.5 Å². The average Bonchev–Trinajstić information content (AvgIpc) is 2.77. The number of rotatable bonds is 5. The molecule has 0 aromatic heterocycles. The van der Waals surface area contributed by atoms with Gasteiger partial charge in [-0.25, -0.2) is 0 Å². The van der Waals surface area contributed by atoms with Crippen molar-refractivity contribution in [1.82, 2.24) is 4.90 Å². The standard InChI is InChI=1S/C25H25NO4/c1-17(27)26-12-11-19-5-3-4-6-23(19)24(26)15-25(28)30-16-18-7-8-21-14-22(29-2)10-9-20(21)13-18/h3-10,13-14,24H,11-12,15-16H2,1-2H3. The fourth-order valence-corrected chi connectivity index (χ4v) is 4.12. The molecule has 4 rings (SSSR count). The summed E-state index contributed by atoms with van der Waals surface area (Å²) in [4.78, 5) is 26.5. The van der Waals surface area contributed by atoms with Gasteiger partial charge in [-0.3, -0.25) is 9.59 Å². The van der Waals surface area contributed by atoms with Crippen molar-refractivity contribution in [2.75, 3.05) is 13.7 Å². The summed E-state index contributed by atoms with van der Waals surface area (Å²) in [5, 5.41) is 2.13. The third kappa shape index (κ3) is 4.15. The van der Waals surface area contributed by atoms with Gasteiger partial charge in [0.15, 0.2) is 0 Å². The van der Waals surface area contributed by atoms with E-state index in [1.54, 1.807) is 18.9 Å². The molecular weight excluding hydrogens is 378 g/mol. The van der Waals surface area contributed by atoms with Gasteiger partial charge in [-0.2, -0.15) is 0 Å². The van der Waals surface area contributed by atoms with Crippen molar-refractivity contribution in [2.45, 2.75) is 32.4 Å². The van der Waals surface area contributed by atoms with Crippen LogP contribution < -0.4 is 4.74 Å². The molecule has 1 unspecified atom stereocenters. The van der Waals surface area contributed by atoms with Crippen LogP contribution in [-0.2, 0) is 27.4 Å². The molecule has 154 valence electrons. The summed E-state index contributed by atoms with van der Waals surface area (Å²) in [5.74, 6) is 0.481. The predicted octanol–water partition coefficient (Wildman–Crippen LogP) is 4.43. The molecular formula is C25H25NO4. The summed E-state index contributed by atoms with van der Waals surface area (Å²) in [6, 6.07) is 19.6. The van der Waals surface area contributed by atoms with Gasteiger partial charge in [-0.15, -0.1) is 0 Å². The van der Waals surface area contributed by atoms with E-state index in [9.17, 15) is 9.59 Å². The van der Waals surface area contributed by atoms with Crippen molar-refractivity contribution in [3.63, 3.8) is 0 Å². The second-order valence-electron chi connectivity index (χ2n) is 7.59. The number of benzene rings is 3. The van der Waals surface area contributed by atoms with Crippen molar-refractivity contribution in [3.8, 4) is 5.75 Å². The average molecular weight is 403 g/mol. The van der Waals surface area contributed by atoms with E-state index < -0.39 is 0 Å². The van der Waals surface area contributed by atoms with Gasteiger partial charge in [0.1, 0.15) is 12.4 Å². The number of fused-ring (bicyclic) bond motifs is 2. The van der Waals surface area contributed by atoms with E-state index in [2.05, 4.69) is 6.07 Å². The quantitative estimate of drug-likeness (QED) is 0.592. The zero-order valence-electron chi connectivity index (χ0n) is 17.3. The van der Waals surface area contributed by atoms with Gasteiger partial charge in [0.2, 0.25) is 5.91 Å². The number of carbonyl (C=O) groups is 2. The number of hydrogen-bond donors (Lipinski definition) is 0. The third-order valence-corrected chi connectivity index (χ3v) is 5.69. The summed E-state index contributed by atoms with van der Waals surface area (Å²) in [7, 11) is 1.65. The van der Waals surface area contributed by atoms with E-state index in [-0.39, 0.29) is 30.9 Å². The second kappa shape index (κ2) is 8.57. The van der Waals surface area contributed by atoms with Crippen LogP contribution in [0.4, 0.5) is 0 Å². The topological polar surface area (TPSA) is 55.8 Å². The minimum absolute atomic E-state index is 0.0211. The summed E-state index contributed by atoms with van der Waals surface area (Å²) in [6.07, 6.45) is 0.963. The maximum atomic E-state index is 12.6. The largest absolute Gasteiger partial charge is 0.497 e. The lowest BCUT2D eigenvalue weighted by Gasteiger charge is -2.36. The summed E-state index contributed by atoms with van der Waals surface area (Å²) in [6.45, 7) is 2.38. The van der Waals surface area contributed by atoms with E-state index in [1.165, 1.54) is 5.56 Å². The molecule has 0 spiro atoms. The van der Waals surface area contributed by atoms with E-state index in [0.29, 0.717) is 6.54 Å². The van der Waals surface area contributed by atoms with Crippen molar-refractivity contribution < 1.29 is 19.1 Å². The fraction of sp³-hybridized carbons (Fsp3) is 0.280. The molecule has 0 fully saturated rings. The molecule has 1 aliphatic heterocycles. The molecule has 0 radical (unpaired) electrons. The first-order valence-corrected chi connectivity index (χ1v) is 10.1. The molecule has 1 atom stereocenters. The van der Waals surface area contributed by atoms with Crippen molar-refractivity contribution in [3.05, 3.63) is 77.4 Å². The Hall–Kier alpha value is -3.34. The predicted molar refractivity (Wildman–Crippen MR) is 115 cm³/mol. The molecule has 0 N–H and O–H groups in total. The van der Waals surface area contributed by atoms with Crippen LogP contribution in [0, 0.1) is 0 Å². The van der Waals surface area contributed by atoms with Crippen LogP contribution in [0.25, 0.3) is 10.8 Å². The van der Waals surface area contributed by atoms with Gasteiger partial charge in [0.25, 0.3) is 0 Å². The molecule has 0 saturated carbocycles.